The lowest BCUT2D eigenvalue weighted by Gasteiger charge is -2.31. The van der Waals surface area contributed by atoms with Crippen molar-refractivity contribution in [2.24, 2.45) is 0 Å². The third-order valence-corrected chi connectivity index (χ3v) is 3.20. The van der Waals surface area contributed by atoms with Gasteiger partial charge in [0.05, 0.1) is 6.54 Å². The Hall–Kier alpha value is -1.82. The monoisotopic (exact) mass is 250 g/mol. The highest BCUT2D eigenvalue weighted by Gasteiger charge is 2.20. The lowest BCUT2D eigenvalue weighted by Crippen LogP contribution is -2.49. The topological polar surface area (TPSA) is 71.6 Å². The summed E-state index contributed by atoms with van der Waals surface area (Å²) in [4.78, 5) is 26.9. The zero-order valence-corrected chi connectivity index (χ0v) is 10.5. The number of hydrogen-bond donors (Lipinski definition) is 1. The molecule has 1 aromatic heterocycles. The van der Waals surface area contributed by atoms with Crippen LogP contribution in [-0.4, -0.2) is 53.5 Å². The van der Waals surface area contributed by atoms with Gasteiger partial charge >= 0.3 is 0 Å². The normalized spacial score (nSPS) is 17.2. The summed E-state index contributed by atoms with van der Waals surface area (Å²) in [6.07, 6.45) is 1.64. The van der Waals surface area contributed by atoms with Crippen molar-refractivity contribution >= 4 is 11.6 Å². The predicted molar refractivity (Wildman–Crippen MR) is 69.2 cm³/mol. The third kappa shape index (κ3) is 2.89. The average molecular weight is 250 g/mol. The molecule has 0 unspecified atom stereocenters. The maximum atomic E-state index is 11.6. The van der Waals surface area contributed by atoms with Crippen LogP contribution in [0.4, 0.5) is 5.69 Å². The molecule has 2 rings (SSSR count). The zero-order chi connectivity index (χ0) is 13.1. The standard InChI is InChI=1S/C12H18N4O2/c1-14-4-5-15(9-12(14)18)6-7-16-8-10(13)2-3-11(16)17/h2-3,8H,4-7,9,13H2,1H3. The molecule has 2 N–H and O–H groups in total. The van der Waals surface area contributed by atoms with E-state index in [-0.39, 0.29) is 11.5 Å². The maximum absolute atomic E-state index is 11.6. The lowest BCUT2D eigenvalue weighted by molar-refractivity contribution is -0.134. The Balaban J connectivity index is 1.94. The van der Waals surface area contributed by atoms with E-state index in [2.05, 4.69) is 4.90 Å². The molecule has 6 heteroatoms. The van der Waals surface area contributed by atoms with Gasteiger partial charge in [-0.15, -0.1) is 0 Å². The number of nitrogen functional groups attached to an aromatic ring is 1. The molecular formula is C12H18N4O2. The number of pyridine rings is 1. The van der Waals surface area contributed by atoms with Crippen molar-refractivity contribution in [1.82, 2.24) is 14.4 Å². The number of hydrogen-bond acceptors (Lipinski definition) is 4. The molecule has 1 aliphatic rings. The Morgan fingerprint density at radius 1 is 1.22 bits per heavy atom. The van der Waals surface area contributed by atoms with Gasteiger partial charge in [0.25, 0.3) is 5.56 Å². The fraction of sp³-hybridized carbons (Fsp3) is 0.500. The Kier molecular flexibility index (Phi) is 3.66. The third-order valence-electron chi connectivity index (χ3n) is 3.20. The van der Waals surface area contributed by atoms with E-state index >= 15 is 0 Å². The van der Waals surface area contributed by atoms with Crippen LogP contribution in [0.5, 0.6) is 0 Å². The number of anilines is 1. The largest absolute Gasteiger partial charge is 0.398 e. The molecule has 1 saturated heterocycles. The first-order valence-electron chi connectivity index (χ1n) is 5.98. The highest BCUT2D eigenvalue weighted by molar-refractivity contribution is 5.78. The number of amides is 1. The van der Waals surface area contributed by atoms with Crippen LogP contribution in [0.2, 0.25) is 0 Å². The molecule has 98 valence electrons. The molecular weight excluding hydrogens is 232 g/mol. The number of carbonyl (C=O) groups is 1. The molecule has 1 aromatic rings. The maximum Gasteiger partial charge on any atom is 0.250 e. The second-order valence-electron chi connectivity index (χ2n) is 4.59. The van der Waals surface area contributed by atoms with Crippen LogP contribution in [0.1, 0.15) is 0 Å². The van der Waals surface area contributed by atoms with E-state index in [4.69, 9.17) is 5.73 Å². The van der Waals surface area contributed by atoms with Crippen LogP contribution in [-0.2, 0) is 11.3 Å². The number of nitrogens with two attached hydrogens (primary N) is 1. The number of rotatable bonds is 3. The molecule has 2 heterocycles. The number of nitrogens with zero attached hydrogens (tertiary/aromatic N) is 3. The molecule has 0 aliphatic carbocycles. The van der Waals surface area contributed by atoms with Gasteiger partial charge in [-0.05, 0) is 6.07 Å². The van der Waals surface area contributed by atoms with Crippen molar-refractivity contribution < 1.29 is 4.79 Å². The summed E-state index contributed by atoms with van der Waals surface area (Å²) in [7, 11) is 1.81. The number of likely N-dealkylation sites (N-methyl/N-ethyl adjacent to an activating group) is 1. The second-order valence-corrected chi connectivity index (χ2v) is 4.59. The zero-order valence-electron chi connectivity index (χ0n) is 10.5. The Bertz CT molecular complexity index is 497. The number of aromatic nitrogens is 1. The molecule has 1 aliphatic heterocycles. The van der Waals surface area contributed by atoms with E-state index in [1.807, 2.05) is 7.05 Å². The summed E-state index contributed by atoms with van der Waals surface area (Å²) in [6, 6.07) is 3.06. The molecule has 0 aromatic carbocycles. The minimum absolute atomic E-state index is 0.0651. The van der Waals surface area contributed by atoms with E-state index in [1.165, 1.54) is 6.07 Å². The summed E-state index contributed by atoms with van der Waals surface area (Å²) in [5.74, 6) is 0.126. The van der Waals surface area contributed by atoms with Crippen LogP contribution in [0.15, 0.2) is 23.1 Å². The van der Waals surface area contributed by atoms with Crippen molar-refractivity contribution in [3.8, 4) is 0 Å². The highest BCUT2D eigenvalue weighted by Crippen LogP contribution is 2.02. The molecule has 0 atom stereocenters. The fourth-order valence-electron chi connectivity index (χ4n) is 1.97. The average Bonchev–Trinajstić information content (AvgIpc) is 2.34. The lowest BCUT2D eigenvalue weighted by atomic mass is 10.3. The van der Waals surface area contributed by atoms with Crippen molar-refractivity contribution in [3.63, 3.8) is 0 Å². The second kappa shape index (κ2) is 5.22. The minimum Gasteiger partial charge on any atom is -0.398 e. The van der Waals surface area contributed by atoms with Crippen LogP contribution in [0.25, 0.3) is 0 Å². The van der Waals surface area contributed by atoms with Crippen LogP contribution in [0.3, 0.4) is 0 Å². The van der Waals surface area contributed by atoms with E-state index in [9.17, 15) is 9.59 Å². The van der Waals surface area contributed by atoms with Gasteiger partial charge in [0, 0.05) is 51.2 Å². The van der Waals surface area contributed by atoms with Crippen LogP contribution in [0, 0.1) is 0 Å². The Labute approximate surface area is 106 Å². The van der Waals surface area contributed by atoms with E-state index in [0.717, 1.165) is 13.1 Å². The molecule has 0 bridgehead atoms. The molecule has 1 amide bonds. The predicted octanol–water partition coefficient (Wildman–Crippen LogP) is -0.795. The SMILES string of the molecule is CN1CCN(CCn2cc(N)ccc2=O)CC1=O. The van der Waals surface area contributed by atoms with Crippen LogP contribution < -0.4 is 11.3 Å². The van der Waals surface area contributed by atoms with Gasteiger partial charge < -0.3 is 15.2 Å². The molecule has 18 heavy (non-hydrogen) atoms. The molecule has 1 fully saturated rings. The van der Waals surface area contributed by atoms with Crippen molar-refractivity contribution in [2.75, 3.05) is 39.0 Å². The van der Waals surface area contributed by atoms with Crippen molar-refractivity contribution in [3.05, 3.63) is 28.7 Å². The first-order chi connectivity index (χ1) is 8.56. The quantitative estimate of drug-likeness (QED) is 0.762. The first-order valence-corrected chi connectivity index (χ1v) is 5.98. The summed E-state index contributed by atoms with van der Waals surface area (Å²) >= 11 is 0. The summed E-state index contributed by atoms with van der Waals surface area (Å²) in [5.41, 5.74) is 6.15. The molecule has 0 radical (unpaired) electrons. The highest BCUT2D eigenvalue weighted by atomic mass is 16.2. The van der Waals surface area contributed by atoms with E-state index in [0.29, 0.717) is 25.3 Å². The fourth-order valence-corrected chi connectivity index (χ4v) is 1.97. The van der Waals surface area contributed by atoms with Gasteiger partial charge in [0.15, 0.2) is 0 Å². The van der Waals surface area contributed by atoms with Crippen molar-refractivity contribution in [2.45, 2.75) is 6.54 Å². The van der Waals surface area contributed by atoms with E-state index in [1.54, 1.807) is 21.7 Å². The summed E-state index contributed by atoms with van der Waals surface area (Å²) in [6.45, 7) is 3.25. The number of piperazine rings is 1. The van der Waals surface area contributed by atoms with E-state index < -0.39 is 0 Å². The van der Waals surface area contributed by atoms with Gasteiger partial charge in [-0.3, -0.25) is 14.5 Å². The molecule has 0 spiro atoms. The summed E-state index contributed by atoms with van der Waals surface area (Å²) in [5, 5.41) is 0. The van der Waals surface area contributed by atoms with Gasteiger partial charge in [-0.25, -0.2) is 0 Å². The molecule has 0 saturated carbocycles. The van der Waals surface area contributed by atoms with Gasteiger partial charge in [0.1, 0.15) is 0 Å². The summed E-state index contributed by atoms with van der Waals surface area (Å²) < 4.78 is 1.58. The van der Waals surface area contributed by atoms with Gasteiger partial charge in [0.2, 0.25) is 5.91 Å². The minimum atomic E-state index is -0.0651. The van der Waals surface area contributed by atoms with Crippen molar-refractivity contribution in [1.29, 1.82) is 0 Å². The Morgan fingerprint density at radius 3 is 2.72 bits per heavy atom. The van der Waals surface area contributed by atoms with Gasteiger partial charge in [-0.2, -0.15) is 0 Å². The number of carbonyl (C=O) groups excluding carboxylic acids is 1. The Morgan fingerprint density at radius 2 is 2.00 bits per heavy atom. The molecule has 6 nitrogen and oxygen atoms in total. The van der Waals surface area contributed by atoms with Crippen LogP contribution >= 0.6 is 0 Å². The van der Waals surface area contributed by atoms with Gasteiger partial charge in [-0.1, -0.05) is 0 Å². The first kappa shape index (κ1) is 12.6. The smallest absolute Gasteiger partial charge is 0.250 e.